The van der Waals surface area contributed by atoms with Crippen LogP contribution in [0.15, 0.2) is 22.5 Å². The lowest BCUT2D eigenvalue weighted by Crippen LogP contribution is -2.33. The summed E-state index contributed by atoms with van der Waals surface area (Å²) in [4.78, 5) is 5.83. The summed E-state index contributed by atoms with van der Waals surface area (Å²) >= 11 is 3.84. The van der Waals surface area contributed by atoms with Crippen molar-refractivity contribution >= 4 is 53.0 Å². The summed E-state index contributed by atoms with van der Waals surface area (Å²) in [6.45, 7) is 1.76. The van der Waals surface area contributed by atoms with Crippen molar-refractivity contribution in [3.8, 4) is 0 Å². The number of aliphatic imine (C=N–C) groups is 1. The van der Waals surface area contributed by atoms with Crippen LogP contribution >= 0.6 is 47.1 Å². The normalized spacial score (nSPS) is 16.9. The van der Waals surface area contributed by atoms with Crippen molar-refractivity contribution in [2.75, 3.05) is 24.6 Å². The third-order valence-corrected chi connectivity index (χ3v) is 5.10. The standard InChI is InChI=1S/C13H21N3S2.HI/c14-13(15-6-3-12-2-1-7-18-12)16-10-11-4-8-17-9-5-11;/h1-2,7,11H,3-6,8-10H2,(H3,14,15,16);1H. The van der Waals surface area contributed by atoms with Gasteiger partial charge in [-0.1, -0.05) is 6.07 Å². The van der Waals surface area contributed by atoms with Crippen LogP contribution in [0.4, 0.5) is 0 Å². The first kappa shape index (κ1) is 17.1. The second-order valence-corrected chi connectivity index (χ2v) is 6.79. The van der Waals surface area contributed by atoms with Gasteiger partial charge >= 0.3 is 0 Å². The van der Waals surface area contributed by atoms with Crippen LogP contribution in [0, 0.1) is 5.92 Å². The van der Waals surface area contributed by atoms with Crippen LogP contribution in [0.25, 0.3) is 0 Å². The second kappa shape index (κ2) is 9.88. The Morgan fingerprint density at radius 1 is 1.42 bits per heavy atom. The van der Waals surface area contributed by atoms with Crippen LogP contribution in [0.5, 0.6) is 0 Å². The van der Waals surface area contributed by atoms with Gasteiger partial charge in [0.05, 0.1) is 0 Å². The first-order valence-corrected chi connectivity index (χ1v) is 8.52. The smallest absolute Gasteiger partial charge is 0.188 e. The molecular formula is C13H22IN3S2. The molecule has 0 radical (unpaired) electrons. The Bertz CT molecular complexity index is 362. The molecule has 0 aromatic carbocycles. The highest BCUT2D eigenvalue weighted by molar-refractivity contribution is 14.0. The van der Waals surface area contributed by atoms with E-state index in [1.807, 2.05) is 0 Å². The zero-order valence-corrected chi connectivity index (χ0v) is 15.0. The van der Waals surface area contributed by atoms with Gasteiger partial charge in [0.1, 0.15) is 0 Å². The Hall–Kier alpha value is 0.0500. The van der Waals surface area contributed by atoms with Gasteiger partial charge in [0.15, 0.2) is 5.96 Å². The first-order valence-electron chi connectivity index (χ1n) is 6.48. The van der Waals surface area contributed by atoms with E-state index in [1.165, 1.54) is 29.2 Å². The molecular weight excluding hydrogens is 389 g/mol. The summed E-state index contributed by atoms with van der Waals surface area (Å²) < 4.78 is 0. The van der Waals surface area contributed by atoms with Gasteiger partial charge in [0.25, 0.3) is 0 Å². The largest absolute Gasteiger partial charge is 0.370 e. The molecule has 1 aromatic heterocycles. The third-order valence-electron chi connectivity index (χ3n) is 3.12. The molecule has 2 heterocycles. The summed E-state index contributed by atoms with van der Waals surface area (Å²) in [7, 11) is 0. The monoisotopic (exact) mass is 411 g/mol. The van der Waals surface area contributed by atoms with Gasteiger partial charge in [-0.2, -0.15) is 11.8 Å². The summed E-state index contributed by atoms with van der Waals surface area (Å²) in [6, 6.07) is 4.23. The highest BCUT2D eigenvalue weighted by Gasteiger charge is 2.12. The Morgan fingerprint density at radius 2 is 2.21 bits per heavy atom. The molecule has 1 saturated heterocycles. The number of nitrogens with two attached hydrogens (primary N) is 1. The molecule has 0 unspecified atom stereocenters. The Morgan fingerprint density at radius 3 is 2.89 bits per heavy atom. The maximum Gasteiger partial charge on any atom is 0.188 e. The molecule has 0 spiro atoms. The van der Waals surface area contributed by atoms with E-state index < -0.39 is 0 Å². The number of rotatable bonds is 5. The molecule has 0 aliphatic carbocycles. The van der Waals surface area contributed by atoms with E-state index in [9.17, 15) is 0 Å². The average Bonchev–Trinajstić information content (AvgIpc) is 2.91. The van der Waals surface area contributed by atoms with E-state index in [4.69, 9.17) is 5.73 Å². The van der Waals surface area contributed by atoms with Crippen molar-refractivity contribution in [2.24, 2.45) is 16.6 Å². The zero-order valence-electron chi connectivity index (χ0n) is 11.0. The lowest BCUT2D eigenvalue weighted by atomic mass is 10.0. The van der Waals surface area contributed by atoms with Crippen LogP contribution in [-0.2, 0) is 6.42 Å². The van der Waals surface area contributed by atoms with Crippen molar-refractivity contribution in [3.05, 3.63) is 22.4 Å². The molecule has 2 rings (SSSR count). The molecule has 19 heavy (non-hydrogen) atoms. The predicted octanol–water partition coefficient (Wildman–Crippen LogP) is 2.96. The Labute approximate surface area is 140 Å². The maximum absolute atomic E-state index is 5.87. The third kappa shape index (κ3) is 6.85. The molecule has 0 bridgehead atoms. The van der Waals surface area contributed by atoms with Crippen molar-refractivity contribution < 1.29 is 0 Å². The molecule has 1 aromatic rings. The molecule has 3 N–H and O–H groups in total. The lowest BCUT2D eigenvalue weighted by molar-refractivity contribution is 0.502. The first-order chi connectivity index (χ1) is 8.84. The maximum atomic E-state index is 5.87. The highest BCUT2D eigenvalue weighted by atomic mass is 127. The van der Waals surface area contributed by atoms with E-state index in [0.717, 1.165) is 25.4 Å². The molecule has 0 amide bonds. The number of nitrogens with zero attached hydrogens (tertiary/aromatic N) is 1. The fourth-order valence-electron chi connectivity index (χ4n) is 1.98. The molecule has 1 fully saturated rings. The molecule has 0 atom stereocenters. The molecule has 1 aliphatic heterocycles. The van der Waals surface area contributed by atoms with Crippen LogP contribution in [0.2, 0.25) is 0 Å². The number of hydrogen-bond donors (Lipinski definition) is 2. The van der Waals surface area contributed by atoms with Gasteiger partial charge in [0.2, 0.25) is 0 Å². The topological polar surface area (TPSA) is 50.4 Å². The number of halogens is 1. The van der Waals surface area contributed by atoms with Crippen LogP contribution in [-0.4, -0.2) is 30.6 Å². The number of nitrogens with one attached hydrogen (secondary N) is 1. The predicted molar refractivity (Wildman–Crippen MR) is 98.0 cm³/mol. The zero-order chi connectivity index (χ0) is 12.6. The quantitative estimate of drug-likeness (QED) is 0.445. The molecule has 6 heteroatoms. The van der Waals surface area contributed by atoms with E-state index >= 15 is 0 Å². The van der Waals surface area contributed by atoms with Crippen molar-refractivity contribution in [1.82, 2.24) is 5.32 Å². The van der Waals surface area contributed by atoms with Crippen molar-refractivity contribution in [3.63, 3.8) is 0 Å². The minimum atomic E-state index is 0. The summed E-state index contributed by atoms with van der Waals surface area (Å²) in [5.41, 5.74) is 5.87. The molecule has 1 aliphatic rings. The molecule has 108 valence electrons. The lowest BCUT2D eigenvalue weighted by Gasteiger charge is -2.19. The fourth-order valence-corrected chi connectivity index (χ4v) is 3.89. The van der Waals surface area contributed by atoms with Gasteiger partial charge in [-0.05, 0) is 48.1 Å². The number of hydrogen-bond acceptors (Lipinski definition) is 3. The summed E-state index contributed by atoms with van der Waals surface area (Å²) in [5.74, 6) is 3.91. The van der Waals surface area contributed by atoms with Gasteiger partial charge in [-0.3, -0.25) is 4.99 Å². The van der Waals surface area contributed by atoms with E-state index in [2.05, 4.69) is 39.6 Å². The van der Waals surface area contributed by atoms with E-state index in [-0.39, 0.29) is 24.0 Å². The Kier molecular flexibility index (Phi) is 8.89. The van der Waals surface area contributed by atoms with Gasteiger partial charge < -0.3 is 11.1 Å². The highest BCUT2D eigenvalue weighted by Crippen LogP contribution is 2.22. The number of thioether (sulfide) groups is 1. The van der Waals surface area contributed by atoms with Gasteiger partial charge in [0, 0.05) is 18.0 Å². The van der Waals surface area contributed by atoms with Crippen molar-refractivity contribution in [2.45, 2.75) is 19.3 Å². The second-order valence-electron chi connectivity index (χ2n) is 4.54. The van der Waals surface area contributed by atoms with Gasteiger partial charge in [-0.15, -0.1) is 35.3 Å². The minimum absolute atomic E-state index is 0. The number of thiophene rings is 1. The summed E-state index contributed by atoms with van der Waals surface area (Å²) in [6.07, 6.45) is 3.60. The Balaban J connectivity index is 0.00000180. The van der Waals surface area contributed by atoms with Crippen LogP contribution < -0.4 is 11.1 Å². The molecule has 0 saturated carbocycles. The fraction of sp³-hybridized carbons (Fsp3) is 0.615. The van der Waals surface area contributed by atoms with Crippen LogP contribution in [0.3, 0.4) is 0 Å². The van der Waals surface area contributed by atoms with Gasteiger partial charge in [-0.25, -0.2) is 0 Å². The SMILES string of the molecule is I.NC(=NCC1CCSCC1)NCCc1cccs1. The van der Waals surface area contributed by atoms with E-state index in [1.54, 1.807) is 11.3 Å². The van der Waals surface area contributed by atoms with Crippen molar-refractivity contribution in [1.29, 1.82) is 0 Å². The molecule has 3 nitrogen and oxygen atoms in total. The summed E-state index contributed by atoms with van der Waals surface area (Å²) in [5, 5.41) is 5.29. The van der Waals surface area contributed by atoms with Crippen LogP contribution in [0.1, 0.15) is 17.7 Å². The average molecular weight is 411 g/mol. The van der Waals surface area contributed by atoms with E-state index in [0.29, 0.717) is 5.96 Å². The number of guanidine groups is 1. The minimum Gasteiger partial charge on any atom is -0.370 e.